The standard InChI is InChI=1S/C16H24FN3O3.ClH/c1-9(2)15(18)16(22)19-8-14(21)20-13-6-5-11(7-12(13)17)23-10(3)4;/h5-7,9-10,15H,8,18H2,1-4H3,(H,19,22)(H,20,21);1H/t15-;/m0./s1. The molecule has 1 aromatic carbocycles. The lowest BCUT2D eigenvalue weighted by Gasteiger charge is -2.15. The van der Waals surface area contributed by atoms with Gasteiger partial charge in [-0.15, -0.1) is 12.4 Å². The van der Waals surface area contributed by atoms with Crippen molar-refractivity contribution in [2.24, 2.45) is 11.7 Å². The Hall–Kier alpha value is -1.86. The number of carbonyl (C=O) groups excluding carboxylic acids is 2. The second-order valence-electron chi connectivity index (χ2n) is 5.84. The van der Waals surface area contributed by atoms with Crippen LogP contribution < -0.4 is 21.1 Å². The number of hydrogen-bond acceptors (Lipinski definition) is 4. The Morgan fingerprint density at radius 1 is 1.25 bits per heavy atom. The Kier molecular flexibility index (Phi) is 9.32. The summed E-state index contributed by atoms with van der Waals surface area (Å²) in [5.74, 6) is -1.22. The molecule has 0 saturated carbocycles. The van der Waals surface area contributed by atoms with Gasteiger partial charge < -0.3 is 21.1 Å². The van der Waals surface area contributed by atoms with Crippen molar-refractivity contribution >= 4 is 29.9 Å². The minimum atomic E-state index is -0.688. The van der Waals surface area contributed by atoms with Crippen molar-refractivity contribution in [3.8, 4) is 5.75 Å². The summed E-state index contributed by atoms with van der Waals surface area (Å²) in [6.45, 7) is 7.00. The lowest BCUT2D eigenvalue weighted by Crippen LogP contribution is -2.46. The highest BCUT2D eigenvalue weighted by Crippen LogP contribution is 2.21. The first-order valence-electron chi connectivity index (χ1n) is 7.50. The van der Waals surface area contributed by atoms with E-state index in [2.05, 4.69) is 10.6 Å². The number of anilines is 1. The van der Waals surface area contributed by atoms with Crippen LogP contribution in [0.3, 0.4) is 0 Å². The quantitative estimate of drug-likeness (QED) is 0.693. The average molecular weight is 362 g/mol. The van der Waals surface area contributed by atoms with Crippen molar-refractivity contribution in [2.45, 2.75) is 39.8 Å². The van der Waals surface area contributed by atoms with Gasteiger partial charge in [-0.2, -0.15) is 0 Å². The molecule has 0 fully saturated rings. The topological polar surface area (TPSA) is 93.5 Å². The summed E-state index contributed by atoms with van der Waals surface area (Å²) < 4.78 is 19.3. The second-order valence-corrected chi connectivity index (χ2v) is 5.84. The zero-order valence-corrected chi connectivity index (χ0v) is 15.1. The molecule has 0 unspecified atom stereocenters. The zero-order valence-electron chi connectivity index (χ0n) is 14.3. The number of amides is 2. The largest absolute Gasteiger partial charge is 0.491 e. The minimum Gasteiger partial charge on any atom is -0.491 e. The van der Waals surface area contributed by atoms with Gasteiger partial charge in [0.05, 0.1) is 24.4 Å². The predicted molar refractivity (Wildman–Crippen MR) is 93.9 cm³/mol. The number of nitrogens with one attached hydrogen (secondary N) is 2. The molecule has 0 heterocycles. The highest BCUT2D eigenvalue weighted by Gasteiger charge is 2.18. The number of ether oxygens (including phenoxy) is 1. The first kappa shape index (κ1) is 22.1. The lowest BCUT2D eigenvalue weighted by atomic mass is 10.1. The highest BCUT2D eigenvalue weighted by molar-refractivity contribution is 5.95. The van der Waals surface area contributed by atoms with E-state index in [4.69, 9.17) is 10.5 Å². The lowest BCUT2D eigenvalue weighted by molar-refractivity contribution is -0.125. The van der Waals surface area contributed by atoms with E-state index < -0.39 is 23.7 Å². The Balaban J connectivity index is 0.00000529. The van der Waals surface area contributed by atoms with Gasteiger partial charge in [-0.05, 0) is 31.9 Å². The van der Waals surface area contributed by atoms with Gasteiger partial charge in [0.1, 0.15) is 11.6 Å². The molecule has 0 aliphatic carbocycles. The van der Waals surface area contributed by atoms with Crippen LogP contribution in [0.1, 0.15) is 27.7 Å². The summed E-state index contributed by atoms with van der Waals surface area (Å²) in [7, 11) is 0. The van der Waals surface area contributed by atoms with Gasteiger partial charge in [0.25, 0.3) is 0 Å². The van der Waals surface area contributed by atoms with Crippen molar-refractivity contribution in [2.75, 3.05) is 11.9 Å². The summed E-state index contributed by atoms with van der Waals surface area (Å²) in [6, 6.07) is 3.48. The van der Waals surface area contributed by atoms with E-state index in [0.29, 0.717) is 5.75 Å². The van der Waals surface area contributed by atoms with E-state index in [0.717, 1.165) is 0 Å². The Labute approximate surface area is 147 Å². The third-order valence-electron chi connectivity index (χ3n) is 3.03. The van der Waals surface area contributed by atoms with Gasteiger partial charge in [0.15, 0.2) is 0 Å². The van der Waals surface area contributed by atoms with Gasteiger partial charge in [0, 0.05) is 6.07 Å². The molecule has 0 aliphatic rings. The van der Waals surface area contributed by atoms with Crippen molar-refractivity contribution in [1.82, 2.24) is 5.32 Å². The molecule has 0 saturated heterocycles. The Morgan fingerprint density at radius 2 is 1.88 bits per heavy atom. The van der Waals surface area contributed by atoms with Crippen LogP contribution in [0.5, 0.6) is 5.75 Å². The molecule has 8 heteroatoms. The van der Waals surface area contributed by atoms with Crippen molar-refractivity contribution in [3.05, 3.63) is 24.0 Å². The van der Waals surface area contributed by atoms with E-state index in [1.165, 1.54) is 12.1 Å². The molecule has 0 bridgehead atoms. The molecule has 136 valence electrons. The molecule has 1 rings (SSSR count). The van der Waals surface area contributed by atoms with E-state index in [1.807, 2.05) is 13.8 Å². The van der Waals surface area contributed by atoms with E-state index in [-0.39, 0.29) is 36.7 Å². The summed E-state index contributed by atoms with van der Waals surface area (Å²) in [6.07, 6.45) is -0.0739. The molecule has 6 nitrogen and oxygen atoms in total. The van der Waals surface area contributed by atoms with Gasteiger partial charge in [0.2, 0.25) is 11.8 Å². The van der Waals surface area contributed by atoms with E-state index in [9.17, 15) is 14.0 Å². The fourth-order valence-corrected chi connectivity index (χ4v) is 1.73. The fourth-order valence-electron chi connectivity index (χ4n) is 1.73. The first-order chi connectivity index (χ1) is 10.7. The highest BCUT2D eigenvalue weighted by atomic mass is 35.5. The van der Waals surface area contributed by atoms with Crippen LogP contribution in [-0.4, -0.2) is 30.5 Å². The monoisotopic (exact) mass is 361 g/mol. The van der Waals surface area contributed by atoms with Crippen molar-refractivity contribution < 1.29 is 18.7 Å². The van der Waals surface area contributed by atoms with Crippen LogP contribution in [-0.2, 0) is 9.59 Å². The molecular weight excluding hydrogens is 337 g/mol. The molecule has 0 radical (unpaired) electrons. The third kappa shape index (κ3) is 7.14. The maximum Gasteiger partial charge on any atom is 0.243 e. The van der Waals surface area contributed by atoms with E-state index in [1.54, 1.807) is 19.9 Å². The molecule has 4 N–H and O–H groups in total. The zero-order chi connectivity index (χ0) is 17.6. The number of carbonyl (C=O) groups is 2. The number of benzene rings is 1. The molecule has 1 atom stereocenters. The predicted octanol–water partition coefficient (Wildman–Crippen LogP) is 2.07. The summed E-state index contributed by atoms with van der Waals surface area (Å²) in [5, 5.41) is 4.81. The van der Waals surface area contributed by atoms with Crippen LogP contribution in [0.4, 0.5) is 10.1 Å². The van der Waals surface area contributed by atoms with Crippen molar-refractivity contribution in [1.29, 1.82) is 0 Å². The molecule has 2 amide bonds. The summed E-state index contributed by atoms with van der Waals surface area (Å²) >= 11 is 0. The van der Waals surface area contributed by atoms with Crippen LogP contribution in [0.25, 0.3) is 0 Å². The van der Waals surface area contributed by atoms with Crippen LogP contribution in [0.2, 0.25) is 0 Å². The van der Waals surface area contributed by atoms with Gasteiger partial charge >= 0.3 is 0 Å². The van der Waals surface area contributed by atoms with Crippen LogP contribution in [0, 0.1) is 11.7 Å². The Morgan fingerprint density at radius 3 is 2.38 bits per heavy atom. The SMILES string of the molecule is CC(C)Oc1ccc(NC(=O)CNC(=O)[C@@H](N)C(C)C)c(F)c1.Cl. The summed E-state index contributed by atoms with van der Waals surface area (Å²) in [5.41, 5.74) is 5.68. The molecule has 1 aromatic rings. The summed E-state index contributed by atoms with van der Waals surface area (Å²) in [4.78, 5) is 23.4. The molecule has 0 spiro atoms. The number of nitrogens with two attached hydrogens (primary N) is 1. The molecular formula is C16H25ClFN3O3. The third-order valence-corrected chi connectivity index (χ3v) is 3.03. The van der Waals surface area contributed by atoms with Crippen LogP contribution >= 0.6 is 12.4 Å². The maximum atomic E-state index is 13.9. The number of rotatable bonds is 7. The van der Waals surface area contributed by atoms with E-state index >= 15 is 0 Å². The molecule has 0 aromatic heterocycles. The minimum absolute atomic E-state index is 0. The first-order valence-corrected chi connectivity index (χ1v) is 7.50. The second kappa shape index (κ2) is 10.1. The van der Waals surface area contributed by atoms with Gasteiger partial charge in [-0.25, -0.2) is 4.39 Å². The smallest absolute Gasteiger partial charge is 0.243 e. The normalized spacial score (nSPS) is 11.7. The number of halogens is 2. The number of hydrogen-bond donors (Lipinski definition) is 3. The van der Waals surface area contributed by atoms with Gasteiger partial charge in [-0.3, -0.25) is 9.59 Å². The fraction of sp³-hybridized carbons (Fsp3) is 0.500. The van der Waals surface area contributed by atoms with Gasteiger partial charge in [-0.1, -0.05) is 13.8 Å². The average Bonchev–Trinajstić information content (AvgIpc) is 2.46. The molecule has 0 aliphatic heterocycles. The van der Waals surface area contributed by atoms with Crippen LogP contribution in [0.15, 0.2) is 18.2 Å². The maximum absolute atomic E-state index is 13.9. The van der Waals surface area contributed by atoms with Crippen molar-refractivity contribution in [3.63, 3.8) is 0 Å². The Bertz CT molecular complexity index is 567. The molecule has 24 heavy (non-hydrogen) atoms.